The smallest absolute Gasteiger partial charge is 0.251 e. The van der Waals surface area contributed by atoms with E-state index >= 15 is 0 Å². The van der Waals surface area contributed by atoms with E-state index in [0.717, 1.165) is 16.9 Å². The van der Waals surface area contributed by atoms with Crippen molar-refractivity contribution in [3.8, 4) is 5.82 Å². The molecular weight excluding hydrogens is 276 g/mol. The van der Waals surface area contributed by atoms with Crippen LogP contribution in [0.25, 0.3) is 5.82 Å². The van der Waals surface area contributed by atoms with E-state index < -0.39 is 0 Å². The van der Waals surface area contributed by atoms with E-state index in [-0.39, 0.29) is 5.91 Å². The molecule has 0 unspecified atom stereocenters. The zero-order valence-electron chi connectivity index (χ0n) is 12.2. The van der Waals surface area contributed by atoms with E-state index in [9.17, 15) is 4.79 Å². The molecule has 0 bridgehead atoms. The van der Waals surface area contributed by atoms with Gasteiger partial charge < -0.3 is 5.32 Å². The predicted octanol–water partition coefficient (Wildman–Crippen LogP) is 2.51. The highest BCUT2D eigenvalue weighted by Crippen LogP contribution is 2.07. The van der Waals surface area contributed by atoms with E-state index in [1.165, 1.54) is 0 Å². The van der Waals surface area contributed by atoms with Crippen LogP contribution >= 0.6 is 0 Å². The number of aromatic nitrogens is 3. The highest BCUT2D eigenvalue weighted by Gasteiger charge is 2.05. The number of rotatable bonds is 4. The third kappa shape index (κ3) is 3.20. The lowest BCUT2D eigenvalue weighted by molar-refractivity contribution is 0.0951. The average molecular weight is 292 g/mol. The van der Waals surface area contributed by atoms with Crippen LogP contribution in [0.2, 0.25) is 0 Å². The maximum absolute atomic E-state index is 12.1. The van der Waals surface area contributed by atoms with Gasteiger partial charge in [-0.1, -0.05) is 23.8 Å². The quantitative estimate of drug-likeness (QED) is 0.803. The molecule has 1 amide bonds. The summed E-state index contributed by atoms with van der Waals surface area (Å²) in [5.74, 6) is 0.716. The number of nitrogens with one attached hydrogen (secondary N) is 1. The van der Waals surface area contributed by atoms with Crippen LogP contribution in [-0.4, -0.2) is 20.4 Å². The number of aryl methyl sites for hydroxylation is 1. The first kappa shape index (κ1) is 14.0. The minimum atomic E-state index is -0.0811. The van der Waals surface area contributed by atoms with Crippen molar-refractivity contribution in [3.05, 3.63) is 78.0 Å². The molecule has 0 saturated carbocycles. The van der Waals surface area contributed by atoms with Gasteiger partial charge in [-0.25, -0.2) is 9.97 Å². The number of hydrogen-bond acceptors (Lipinski definition) is 3. The van der Waals surface area contributed by atoms with Crippen LogP contribution in [0.15, 0.2) is 61.3 Å². The summed E-state index contributed by atoms with van der Waals surface area (Å²) < 4.78 is 1.83. The van der Waals surface area contributed by atoms with Crippen LogP contribution in [-0.2, 0) is 6.54 Å². The summed E-state index contributed by atoms with van der Waals surface area (Å²) in [7, 11) is 0. The number of amides is 1. The van der Waals surface area contributed by atoms with Crippen molar-refractivity contribution in [1.82, 2.24) is 19.9 Å². The van der Waals surface area contributed by atoms with Crippen LogP contribution in [0.1, 0.15) is 21.5 Å². The maximum atomic E-state index is 12.1. The maximum Gasteiger partial charge on any atom is 0.251 e. The molecule has 0 spiro atoms. The molecule has 0 fully saturated rings. The molecule has 0 atom stereocenters. The lowest BCUT2D eigenvalue weighted by Crippen LogP contribution is -2.22. The Hall–Kier alpha value is -2.95. The SMILES string of the molecule is Cc1cccc(C(=O)NCc2ccc(-n3ccnc3)nc2)c1. The summed E-state index contributed by atoms with van der Waals surface area (Å²) in [5, 5.41) is 2.90. The fraction of sp³-hybridized carbons (Fsp3) is 0.118. The fourth-order valence-corrected chi connectivity index (χ4v) is 2.14. The lowest BCUT2D eigenvalue weighted by atomic mass is 10.1. The number of pyridine rings is 1. The van der Waals surface area contributed by atoms with Gasteiger partial charge in [-0.05, 0) is 30.7 Å². The molecule has 5 heteroatoms. The molecule has 0 saturated heterocycles. The van der Waals surface area contributed by atoms with Gasteiger partial charge in [0, 0.05) is 30.7 Å². The molecule has 2 aromatic heterocycles. The second-order valence-electron chi connectivity index (χ2n) is 5.05. The summed E-state index contributed by atoms with van der Waals surface area (Å²) in [6, 6.07) is 11.4. The molecule has 1 N–H and O–H groups in total. The summed E-state index contributed by atoms with van der Waals surface area (Å²) in [4.78, 5) is 20.4. The summed E-state index contributed by atoms with van der Waals surface area (Å²) in [6.07, 6.45) is 6.99. The molecule has 2 heterocycles. The van der Waals surface area contributed by atoms with Crippen molar-refractivity contribution in [3.63, 3.8) is 0 Å². The largest absolute Gasteiger partial charge is 0.348 e. The molecule has 5 nitrogen and oxygen atoms in total. The summed E-state index contributed by atoms with van der Waals surface area (Å²) >= 11 is 0. The topological polar surface area (TPSA) is 59.8 Å². The van der Waals surface area contributed by atoms with E-state index in [0.29, 0.717) is 12.1 Å². The van der Waals surface area contributed by atoms with E-state index in [1.54, 1.807) is 18.7 Å². The molecule has 3 aromatic rings. The molecule has 0 aliphatic heterocycles. The first-order valence-electron chi connectivity index (χ1n) is 7.00. The highest BCUT2D eigenvalue weighted by molar-refractivity contribution is 5.94. The van der Waals surface area contributed by atoms with Crippen molar-refractivity contribution < 1.29 is 4.79 Å². The van der Waals surface area contributed by atoms with Gasteiger partial charge in [-0.15, -0.1) is 0 Å². The average Bonchev–Trinajstić information content (AvgIpc) is 3.07. The normalized spacial score (nSPS) is 10.4. The monoisotopic (exact) mass is 292 g/mol. The Balaban J connectivity index is 1.63. The summed E-state index contributed by atoms with van der Waals surface area (Å²) in [6.45, 7) is 2.42. The second-order valence-corrected chi connectivity index (χ2v) is 5.05. The molecule has 1 aromatic carbocycles. The standard InChI is InChI=1S/C17H16N4O/c1-13-3-2-4-15(9-13)17(22)20-11-14-5-6-16(19-10-14)21-8-7-18-12-21/h2-10,12H,11H2,1H3,(H,20,22). The van der Waals surface area contributed by atoms with Crippen molar-refractivity contribution in [2.24, 2.45) is 0 Å². The predicted molar refractivity (Wildman–Crippen MR) is 83.7 cm³/mol. The number of hydrogen-bond donors (Lipinski definition) is 1. The number of benzene rings is 1. The van der Waals surface area contributed by atoms with Gasteiger partial charge in [-0.3, -0.25) is 9.36 Å². The zero-order valence-corrected chi connectivity index (χ0v) is 12.2. The number of nitrogens with zero attached hydrogens (tertiary/aromatic N) is 3. The molecule has 0 aliphatic rings. The Kier molecular flexibility index (Phi) is 3.96. The Bertz CT molecular complexity index is 764. The van der Waals surface area contributed by atoms with Gasteiger partial charge in [0.1, 0.15) is 12.1 Å². The van der Waals surface area contributed by atoms with Crippen molar-refractivity contribution in [2.75, 3.05) is 0 Å². The minimum absolute atomic E-state index is 0.0811. The number of carbonyl (C=O) groups is 1. The second kappa shape index (κ2) is 6.22. The van der Waals surface area contributed by atoms with Gasteiger partial charge in [0.2, 0.25) is 0 Å². The van der Waals surface area contributed by atoms with E-state index in [4.69, 9.17) is 0 Å². The van der Waals surface area contributed by atoms with Crippen LogP contribution < -0.4 is 5.32 Å². The van der Waals surface area contributed by atoms with Crippen molar-refractivity contribution in [2.45, 2.75) is 13.5 Å². The number of imidazole rings is 1. The molecule has 0 aliphatic carbocycles. The Labute approximate surface area is 128 Å². The first-order chi connectivity index (χ1) is 10.7. The lowest BCUT2D eigenvalue weighted by Gasteiger charge is -2.07. The van der Waals surface area contributed by atoms with Gasteiger partial charge in [0.25, 0.3) is 5.91 Å². The van der Waals surface area contributed by atoms with Crippen molar-refractivity contribution >= 4 is 5.91 Å². The third-order valence-electron chi connectivity index (χ3n) is 3.31. The zero-order chi connectivity index (χ0) is 15.4. The van der Waals surface area contributed by atoms with E-state index in [2.05, 4.69) is 15.3 Å². The Morgan fingerprint density at radius 2 is 2.18 bits per heavy atom. The van der Waals surface area contributed by atoms with Gasteiger partial charge in [0.15, 0.2) is 0 Å². The molecule has 3 rings (SSSR count). The molecule has 22 heavy (non-hydrogen) atoms. The van der Waals surface area contributed by atoms with Crippen LogP contribution in [0.3, 0.4) is 0 Å². The van der Waals surface area contributed by atoms with Crippen LogP contribution in [0.4, 0.5) is 0 Å². The van der Waals surface area contributed by atoms with Gasteiger partial charge in [-0.2, -0.15) is 0 Å². The minimum Gasteiger partial charge on any atom is -0.348 e. The first-order valence-corrected chi connectivity index (χ1v) is 7.00. The Morgan fingerprint density at radius 3 is 2.86 bits per heavy atom. The van der Waals surface area contributed by atoms with Crippen LogP contribution in [0, 0.1) is 6.92 Å². The van der Waals surface area contributed by atoms with Gasteiger partial charge in [0.05, 0.1) is 0 Å². The number of carbonyl (C=O) groups excluding carboxylic acids is 1. The summed E-state index contributed by atoms with van der Waals surface area (Å²) in [5.41, 5.74) is 2.69. The van der Waals surface area contributed by atoms with Gasteiger partial charge >= 0.3 is 0 Å². The fourth-order valence-electron chi connectivity index (χ4n) is 2.14. The third-order valence-corrected chi connectivity index (χ3v) is 3.31. The van der Waals surface area contributed by atoms with Crippen LogP contribution in [0.5, 0.6) is 0 Å². The molecule has 110 valence electrons. The molecule has 0 radical (unpaired) electrons. The Morgan fingerprint density at radius 1 is 1.27 bits per heavy atom. The highest BCUT2D eigenvalue weighted by atomic mass is 16.1. The van der Waals surface area contributed by atoms with E-state index in [1.807, 2.05) is 54.1 Å². The van der Waals surface area contributed by atoms with Crippen molar-refractivity contribution in [1.29, 1.82) is 0 Å². The molecular formula is C17H16N4O.